The first-order valence-corrected chi connectivity index (χ1v) is 4.94. The summed E-state index contributed by atoms with van der Waals surface area (Å²) in [5.74, 6) is 0.469. The molecule has 0 aliphatic rings. The summed E-state index contributed by atoms with van der Waals surface area (Å²) in [6.07, 6.45) is 4.31. The Morgan fingerprint density at radius 2 is 2.43 bits per heavy atom. The van der Waals surface area contributed by atoms with Crippen LogP contribution in [-0.2, 0) is 9.53 Å². The largest absolute Gasteiger partial charge is 0.465 e. The van der Waals surface area contributed by atoms with Crippen LogP contribution in [0.15, 0.2) is 22.8 Å². The van der Waals surface area contributed by atoms with E-state index in [1.54, 1.807) is 12.3 Å². The van der Waals surface area contributed by atoms with E-state index in [0.717, 1.165) is 25.0 Å². The van der Waals surface area contributed by atoms with Crippen molar-refractivity contribution in [2.75, 3.05) is 0 Å². The Bertz CT molecular complexity index is 264. The average molecular weight is 196 g/mol. The minimum absolute atomic E-state index is 0.220. The molecule has 0 bridgehead atoms. The van der Waals surface area contributed by atoms with Gasteiger partial charge in [-0.1, -0.05) is 13.3 Å². The zero-order valence-corrected chi connectivity index (χ0v) is 8.66. The van der Waals surface area contributed by atoms with Gasteiger partial charge in [0.2, 0.25) is 0 Å². The van der Waals surface area contributed by atoms with Crippen LogP contribution in [0.2, 0.25) is 0 Å². The van der Waals surface area contributed by atoms with Gasteiger partial charge in [-0.3, -0.25) is 4.79 Å². The minimum Gasteiger partial charge on any atom is -0.465 e. The monoisotopic (exact) mass is 196 g/mol. The fourth-order valence-corrected chi connectivity index (χ4v) is 1.32. The summed E-state index contributed by atoms with van der Waals surface area (Å²) in [4.78, 5) is 10.8. The van der Waals surface area contributed by atoms with Crippen LogP contribution in [0.5, 0.6) is 0 Å². The Hall–Kier alpha value is -1.25. The lowest BCUT2D eigenvalue weighted by molar-refractivity contribution is -0.148. The predicted octanol–water partition coefficient (Wildman–Crippen LogP) is 3.07. The van der Waals surface area contributed by atoms with Crippen molar-refractivity contribution in [2.24, 2.45) is 0 Å². The van der Waals surface area contributed by atoms with E-state index in [2.05, 4.69) is 6.92 Å². The maximum atomic E-state index is 10.8. The van der Waals surface area contributed by atoms with Crippen LogP contribution < -0.4 is 0 Å². The maximum Gasteiger partial charge on any atom is 0.303 e. The molecule has 78 valence electrons. The first kappa shape index (κ1) is 10.8. The molecule has 0 saturated heterocycles. The third-order valence-corrected chi connectivity index (χ3v) is 1.99. The maximum absolute atomic E-state index is 10.8. The van der Waals surface area contributed by atoms with Crippen LogP contribution >= 0.6 is 0 Å². The van der Waals surface area contributed by atoms with Crippen molar-refractivity contribution in [1.82, 2.24) is 0 Å². The molecule has 0 amide bonds. The summed E-state index contributed by atoms with van der Waals surface area (Å²) in [5.41, 5.74) is 0. The molecule has 3 heteroatoms. The first-order chi connectivity index (χ1) is 6.74. The van der Waals surface area contributed by atoms with Crippen LogP contribution in [0.4, 0.5) is 0 Å². The van der Waals surface area contributed by atoms with E-state index in [9.17, 15) is 4.79 Å². The summed E-state index contributed by atoms with van der Waals surface area (Å²) in [6.45, 7) is 3.52. The third-order valence-electron chi connectivity index (χ3n) is 1.99. The van der Waals surface area contributed by atoms with E-state index < -0.39 is 0 Å². The van der Waals surface area contributed by atoms with E-state index in [-0.39, 0.29) is 12.1 Å². The summed E-state index contributed by atoms with van der Waals surface area (Å²) >= 11 is 0. The Morgan fingerprint density at radius 3 is 2.93 bits per heavy atom. The SMILES string of the molecule is CCCCC(OC(C)=O)c1ccco1. The minimum atomic E-state index is -0.262. The van der Waals surface area contributed by atoms with Gasteiger partial charge in [-0.15, -0.1) is 0 Å². The quantitative estimate of drug-likeness (QED) is 0.679. The lowest BCUT2D eigenvalue weighted by Crippen LogP contribution is -2.07. The number of hydrogen-bond acceptors (Lipinski definition) is 3. The summed E-state index contributed by atoms with van der Waals surface area (Å²) in [6, 6.07) is 3.64. The van der Waals surface area contributed by atoms with Crippen LogP contribution in [0, 0.1) is 0 Å². The highest BCUT2D eigenvalue weighted by molar-refractivity contribution is 5.66. The highest BCUT2D eigenvalue weighted by atomic mass is 16.5. The van der Waals surface area contributed by atoms with E-state index in [1.165, 1.54) is 6.92 Å². The molecule has 0 aliphatic heterocycles. The number of rotatable bonds is 5. The van der Waals surface area contributed by atoms with Crippen molar-refractivity contribution in [2.45, 2.75) is 39.2 Å². The van der Waals surface area contributed by atoms with E-state index in [1.807, 2.05) is 6.07 Å². The second-order valence-electron chi connectivity index (χ2n) is 3.26. The summed E-state index contributed by atoms with van der Waals surface area (Å²) in [5, 5.41) is 0. The molecule has 1 heterocycles. The number of carbonyl (C=O) groups is 1. The standard InChI is InChI=1S/C11H16O3/c1-3-4-6-11(14-9(2)12)10-7-5-8-13-10/h5,7-8,11H,3-4,6H2,1-2H3. The van der Waals surface area contributed by atoms with E-state index >= 15 is 0 Å². The van der Waals surface area contributed by atoms with Crippen LogP contribution in [0.1, 0.15) is 45.0 Å². The Labute approximate surface area is 84.1 Å². The molecule has 14 heavy (non-hydrogen) atoms. The molecule has 1 aromatic rings. The Morgan fingerprint density at radius 1 is 1.64 bits per heavy atom. The van der Waals surface area contributed by atoms with Crippen molar-refractivity contribution in [1.29, 1.82) is 0 Å². The topological polar surface area (TPSA) is 39.4 Å². The molecular formula is C11H16O3. The van der Waals surface area contributed by atoms with Gasteiger partial charge in [0.25, 0.3) is 0 Å². The van der Waals surface area contributed by atoms with Crippen molar-refractivity contribution in [3.05, 3.63) is 24.2 Å². The molecule has 1 rings (SSSR count). The van der Waals surface area contributed by atoms with Gasteiger partial charge in [-0.2, -0.15) is 0 Å². The Balaban J connectivity index is 2.57. The average Bonchev–Trinajstić information content (AvgIpc) is 2.64. The van der Waals surface area contributed by atoms with Gasteiger partial charge >= 0.3 is 5.97 Å². The van der Waals surface area contributed by atoms with Crippen molar-refractivity contribution in [3.8, 4) is 0 Å². The predicted molar refractivity (Wildman–Crippen MR) is 52.7 cm³/mol. The summed E-state index contributed by atoms with van der Waals surface area (Å²) < 4.78 is 10.4. The fourth-order valence-electron chi connectivity index (χ4n) is 1.32. The number of esters is 1. The number of furan rings is 1. The van der Waals surface area contributed by atoms with Crippen molar-refractivity contribution in [3.63, 3.8) is 0 Å². The summed E-state index contributed by atoms with van der Waals surface area (Å²) in [7, 11) is 0. The van der Waals surface area contributed by atoms with Gasteiger partial charge in [0.1, 0.15) is 5.76 Å². The van der Waals surface area contributed by atoms with Crippen molar-refractivity contribution >= 4 is 5.97 Å². The Kier molecular flexibility index (Phi) is 4.23. The van der Waals surface area contributed by atoms with Crippen LogP contribution in [0.3, 0.4) is 0 Å². The lowest BCUT2D eigenvalue weighted by atomic mass is 10.1. The molecule has 0 fully saturated rings. The molecule has 0 aromatic carbocycles. The van der Waals surface area contributed by atoms with Gasteiger partial charge < -0.3 is 9.15 Å². The second-order valence-corrected chi connectivity index (χ2v) is 3.26. The molecule has 0 aliphatic carbocycles. The van der Waals surface area contributed by atoms with Gasteiger partial charge in [-0.25, -0.2) is 0 Å². The lowest BCUT2D eigenvalue weighted by Gasteiger charge is -2.13. The molecule has 0 radical (unpaired) electrons. The molecule has 0 N–H and O–H groups in total. The normalized spacial score (nSPS) is 12.4. The molecule has 1 aromatic heterocycles. The molecule has 1 atom stereocenters. The highest BCUT2D eigenvalue weighted by Crippen LogP contribution is 2.23. The van der Waals surface area contributed by atoms with Crippen LogP contribution in [0.25, 0.3) is 0 Å². The number of carbonyl (C=O) groups excluding carboxylic acids is 1. The van der Waals surface area contributed by atoms with Gasteiger partial charge in [0, 0.05) is 6.92 Å². The third kappa shape index (κ3) is 3.24. The second kappa shape index (κ2) is 5.47. The fraction of sp³-hybridized carbons (Fsp3) is 0.545. The van der Waals surface area contributed by atoms with Gasteiger partial charge in [-0.05, 0) is 25.0 Å². The van der Waals surface area contributed by atoms with E-state index in [4.69, 9.17) is 9.15 Å². The molecular weight excluding hydrogens is 180 g/mol. The number of unbranched alkanes of at least 4 members (excludes halogenated alkanes) is 1. The first-order valence-electron chi connectivity index (χ1n) is 4.94. The number of hydrogen-bond donors (Lipinski definition) is 0. The highest BCUT2D eigenvalue weighted by Gasteiger charge is 2.16. The molecule has 0 saturated carbocycles. The van der Waals surface area contributed by atoms with E-state index in [0.29, 0.717) is 0 Å². The zero-order valence-electron chi connectivity index (χ0n) is 8.66. The molecule has 0 spiro atoms. The smallest absolute Gasteiger partial charge is 0.303 e. The number of ether oxygens (including phenoxy) is 1. The molecule has 3 nitrogen and oxygen atoms in total. The zero-order chi connectivity index (χ0) is 10.4. The van der Waals surface area contributed by atoms with Gasteiger partial charge in [0.05, 0.1) is 6.26 Å². The molecule has 1 unspecified atom stereocenters. The van der Waals surface area contributed by atoms with Crippen molar-refractivity contribution < 1.29 is 13.9 Å². The van der Waals surface area contributed by atoms with Crippen LogP contribution in [-0.4, -0.2) is 5.97 Å². The van der Waals surface area contributed by atoms with Gasteiger partial charge in [0.15, 0.2) is 6.10 Å².